The van der Waals surface area contributed by atoms with Crippen LogP contribution in [-0.2, 0) is 29.7 Å². The minimum absolute atomic E-state index is 0. The maximum Gasteiger partial charge on any atom is 1.00 e. The van der Waals surface area contributed by atoms with Gasteiger partial charge >= 0.3 is 59.1 Å². The molecule has 6 rings (SSSR count). The van der Waals surface area contributed by atoms with Crippen molar-refractivity contribution < 1.29 is 105 Å². The van der Waals surface area contributed by atoms with E-state index in [1.165, 1.54) is 36.4 Å². The molecule has 2 saturated heterocycles. The van der Waals surface area contributed by atoms with Crippen LogP contribution in [0.4, 0.5) is 47.1 Å². The first-order chi connectivity index (χ1) is 26.9. The third kappa shape index (κ3) is 13.1. The molecule has 4 aromatic rings. The monoisotopic (exact) mass is 860 g/mol. The van der Waals surface area contributed by atoms with Crippen LogP contribution < -0.4 is 90.2 Å². The van der Waals surface area contributed by atoms with Gasteiger partial charge < -0.3 is 59.9 Å². The molecule has 0 spiro atoms. The number of hydrogen-bond acceptors (Lipinski definition) is 22. The van der Waals surface area contributed by atoms with Gasteiger partial charge in [-0.25, -0.2) is 16.8 Å². The number of morpholine rings is 2. The first-order valence-corrected chi connectivity index (χ1v) is 20.0. The van der Waals surface area contributed by atoms with Crippen LogP contribution in [0, 0.1) is 0 Å². The second-order valence-electron chi connectivity index (χ2n) is 12.1. The molecule has 6 N–H and O–H groups in total. The van der Waals surface area contributed by atoms with Crippen molar-refractivity contribution in [2.75, 3.05) is 110 Å². The Morgan fingerprint density at radius 3 is 1.31 bits per heavy atom. The van der Waals surface area contributed by atoms with Crippen molar-refractivity contribution in [1.29, 1.82) is 0 Å². The molecule has 4 heterocycles. The summed E-state index contributed by atoms with van der Waals surface area (Å²) in [7, 11) is -10.2. The minimum Gasteiger partial charge on any atom is -0.744 e. The maximum atomic E-state index is 12.4. The molecule has 0 atom stereocenters. The Bertz CT molecular complexity index is 2110. The molecule has 26 heteroatoms. The first-order valence-electron chi connectivity index (χ1n) is 17.2. The van der Waals surface area contributed by atoms with Crippen molar-refractivity contribution in [3.8, 4) is 0 Å². The Hall–Kier alpha value is -3.34. The molecule has 0 aliphatic carbocycles. The van der Waals surface area contributed by atoms with Gasteiger partial charge in [0.05, 0.1) is 49.4 Å². The summed E-state index contributed by atoms with van der Waals surface area (Å²) in [6.45, 7) is 3.81. The number of nitrogens with zero attached hydrogens (tertiary/aromatic N) is 8. The molecule has 0 saturated carbocycles. The average molecular weight is 861 g/mol. The molecule has 58 heavy (non-hydrogen) atoms. The largest absolute Gasteiger partial charge is 1.00 e. The summed E-state index contributed by atoms with van der Waals surface area (Å²) in [4.78, 5) is 28.6. The Morgan fingerprint density at radius 1 is 0.603 bits per heavy atom. The van der Waals surface area contributed by atoms with Crippen LogP contribution in [-0.4, -0.2) is 145 Å². The predicted octanol–water partition coefficient (Wildman–Crippen LogP) is -5.99. The molecule has 0 unspecified atom stereocenters. The predicted molar refractivity (Wildman–Crippen MR) is 201 cm³/mol. The van der Waals surface area contributed by atoms with Crippen molar-refractivity contribution in [3.05, 3.63) is 47.5 Å². The normalized spacial score (nSPS) is 14.7. The number of ether oxygens (including phenoxy) is 2. The molecule has 2 fully saturated rings. The Morgan fingerprint density at radius 2 is 0.966 bits per heavy atom. The minimum atomic E-state index is -5.09. The maximum absolute atomic E-state index is 12.4. The van der Waals surface area contributed by atoms with Gasteiger partial charge in [0, 0.05) is 50.6 Å². The van der Waals surface area contributed by atoms with Gasteiger partial charge in [-0.3, -0.25) is 0 Å². The van der Waals surface area contributed by atoms with Crippen molar-refractivity contribution >= 4 is 79.5 Å². The van der Waals surface area contributed by atoms with Gasteiger partial charge in [-0.05, 0) is 35.4 Å². The van der Waals surface area contributed by atoms with E-state index in [4.69, 9.17) is 9.47 Å². The van der Waals surface area contributed by atoms with E-state index in [2.05, 4.69) is 51.2 Å². The van der Waals surface area contributed by atoms with Crippen LogP contribution in [0.2, 0.25) is 0 Å². The van der Waals surface area contributed by atoms with E-state index in [0.29, 0.717) is 64.5 Å². The Kier molecular flexibility index (Phi) is 17.8. The van der Waals surface area contributed by atoms with E-state index in [0.717, 1.165) is 12.1 Å². The summed E-state index contributed by atoms with van der Waals surface area (Å²) in [5.74, 6) is 0.935. The summed E-state index contributed by atoms with van der Waals surface area (Å²) < 4.78 is 85.5. The Balaban J connectivity index is 0.00000372. The quantitative estimate of drug-likeness (QED) is 0.0347. The topological polar surface area (TPSA) is 305 Å². The molecule has 0 radical (unpaired) electrons. The zero-order valence-corrected chi connectivity index (χ0v) is 37.3. The number of benzene rings is 2. The molecule has 2 aromatic heterocycles. The summed E-state index contributed by atoms with van der Waals surface area (Å²) in [5.41, 5.74) is 0.0696. The van der Waals surface area contributed by atoms with Crippen LogP contribution in [0.3, 0.4) is 0 Å². The summed E-state index contributed by atoms with van der Waals surface area (Å²) in [6.07, 6.45) is 2.39. The second-order valence-corrected chi connectivity index (χ2v) is 14.8. The zero-order valence-electron chi connectivity index (χ0n) is 31.7. The van der Waals surface area contributed by atoms with Gasteiger partial charge in [-0.2, -0.15) is 29.9 Å². The summed E-state index contributed by atoms with van der Waals surface area (Å²) in [5, 5.41) is 30.0. The number of hydrogen-bond donors (Lipinski definition) is 6. The van der Waals surface area contributed by atoms with E-state index >= 15 is 0 Å². The third-order valence-electron chi connectivity index (χ3n) is 8.15. The SMILES string of the molecule is O=S(=O)([O-])c1cc(Nc2nc(NCCO)nc(N3CCOCC3)n2)ccc1/C=C/c1ccc(Nc2nc(NCCO)nc(N3CCOCC3)n2)cc1S(=O)(=O)[O-].[Na+].[Na+]. The van der Waals surface area contributed by atoms with E-state index in [-0.39, 0.29) is 132 Å². The van der Waals surface area contributed by atoms with Crippen LogP contribution in [0.1, 0.15) is 11.1 Å². The van der Waals surface area contributed by atoms with Gasteiger partial charge in [0.2, 0.25) is 35.7 Å². The van der Waals surface area contributed by atoms with Crippen molar-refractivity contribution in [1.82, 2.24) is 29.9 Å². The van der Waals surface area contributed by atoms with E-state index < -0.39 is 30.0 Å². The molecule has 300 valence electrons. The number of nitrogens with one attached hydrogen (secondary N) is 4. The second kappa shape index (κ2) is 21.8. The molecular formula is C32H38N12Na2O10S2. The third-order valence-corrected chi connectivity index (χ3v) is 9.93. The number of aliphatic hydroxyl groups excluding tert-OH is 2. The Labute approximate surface area is 378 Å². The van der Waals surface area contributed by atoms with Crippen molar-refractivity contribution in [2.45, 2.75) is 9.79 Å². The van der Waals surface area contributed by atoms with Gasteiger partial charge in [0.1, 0.15) is 20.2 Å². The first kappa shape index (κ1) is 47.3. The number of aliphatic hydroxyl groups is 2. The van der Waals surface area contributed by atoms with Crippen LogP contribution >= 0.6 is 0 Å². The van der Waals surface area contributed by atoms with Gasteiger partial charge in [0.15, 0.2) is 0 Å². The van der Waals surface area contributed by atoms with Crippen molar-refractivity contribution in [3.63, 3.8) is 0 Å². The number of anilines is 8. The number of rotatable bonds is 16. The van der Waals surface area contributed by atoms with Crippen LogP contribution in [0.25, 0.3) is 12.2 Å². The molecule has 22 nitrogen and oxygen atoms in total. The standard InChI is InChI=1S/C32H40N12O10S2.2Na/c45-13-7-33-27-37-29(41-31(39-27)43-9-15-53-16-10-43)35-23-5-3-21(25(19-23)55(47,48)49)1-2-22-4-6-24(20-26(22)56(50,51)52)36-30-38-28(34-8-14-46)40-32(42-30)44-11-17-54-18-12-44;;/h1-6,19-20,45-46H,7-18H2,(H,47,48,49)(H,50,51,52)(H2,33,35,37,39,41)(H2,34,36,38,40,42);;/q;2*+1/p-2/b2-1+;;. The van der Waals surface area contributed by atoms with Gasteiger partial charge in [-0.15, -0.1) is 0 Å². The molecule has 2 aliphatic heterocycles. The average Bonchev–Trinajstić information content (AvgIpc) is 3.19. The summed E-state index contributed by atoms with van der Waals surface area (Å²) >= 11 is 0. The fraction of sp³-hybridized carbons (Fsp3) is 0.375. The zero-order chi connectivity index (χ0) is 39.7. The fourth-order valence-electron chi connectivity index (χ4n) is 5.51. The van der Waals surface area contributed by atoms with Crippen molar-refractivity contribution in [2.24, 2.45) is 0 Å². The smallest absolute Gasteiger partial charge is 0.744 e. The molecule has 2 aromatic carbocycles. The van der Waals surface area contributed by atoms with Gasteiger partial charge in [0.25, 0.3) is 0 Å². The van der Waals surface area contributed by atoms with E-state index in [1.807, 2.05) is 9.80 Å². The fourth-order valence-corrected chi connectivity index (χ4v) is 6.91. The van der Waals surface area contributed by atoms with Gasteiger partial charge in [-0.1, -0.05) is 24.3 Å². The van der Waals surface area contributed by atoms with E-state index in [9.17, 15) is 36.2 Å². The molecular weight excluding hydrogens is 823 g/mol. The molecule has 2 aliphatic rings. The van der Waals surface area contributed by atoms with E-state index in [1.54, 1.807) is 0 Å². The summed E-state index contributed by atoms with van der Waals surface area (Å²) in [6, 6.07) is 7.68. The molecule has 0 amide bonds. The molecule has 0 bridgehead atoms. The van der Waals surface area contributed by atoms with Crippen LogP contribution in [0.15, 0.2) is 46.2 Å². The van der Waals surface area contributed by atoms with Crippen LogP contribution in [0.5, 0.6) is 0 Å². The number of aromatic nitrogens is 6.